The lowest BCUT2D eigenvalue weighted by Gasteiger charge is -2.20. The van der Waals surface area contributed by atoms with E-state index in [2.05, 4.69) is 9.47 Å². The molecule has 1 unspecified atom stereocenters. The van der Waals surface area contributed by atoms with Gasteiger partial charge in [-0.05, 0) is 12.1 Å². The number of carboxylic acids is 1. The second kappa shape index (κ2) is 7.36. The van der Waals surface area contributed by atoms with Gasteiger partial charge >= 0.3 is 23.9 Å². The first kappa shape index (κ1) is 18.1. The fourth-order valence-corrected chi connectivity index (χ4v) is 1.64. The van der Waals surface area contributed by atoms with Crippen molar-refractivity contribution in [2.75, 3.05) is 12.8 Å². The first-order valence-electron chi connectivity index (χ1n) is 6.31. The summed E-state index contributed by atoms with van der Waals surface area (Å²) in [7, 11) is 0.991. The minimum absolute atomic E-state index is 0.0633. The second-order valence-corrected chi connectivity index (χ2v) is 4.62. The van der Waals surface area contributed by atoms with Gasteiger partial charge in [0.15, 0.2) is 5.60 Å². The third kappa shape index (κ3) is 4.78. The highest BCUT2D eigenvalue weighted by molar-refractivity contribution is 6.01. The molecule has 1 aromatic carbocycles. The van der Waals surface area contributed by atoms with Crippen LogP contribution in [0.15, 0.2) is 24.3 Å². The summed E-state index contributed by atoms with van der Waals surface area (Å²) in [4.78, 5) is 45.6. The van der Waals surface area contributed by atoms with Crippen LogP contribution >= 0.6 is 0 Å². The van der Waals surface area contributed by atoms with Crippen molar-refractivity contribution >= 4 is 29.6 Å². The maximum atomic E-state index is 11.8. The number of carbonyl (C=O) groups is 4. The molecule has 0 heterocycles. The van der Waals surface area contributed by atoms with Gasteiger partial charge in [-0.3, -0.25) is 9.59 Å². The Labute approximate surface area is 130 Å². The molecule has 0 aromatic heterocycles. The number of carbonyl (C=O) groups excluding carboxylic acids is 3. The van der Waals surface area contributed by atoms with E-state index in [9.17, 15) is 24.3 Å². The monoisotopic (exact) mass is 325 g/mol. The van der Waals surface area contributed by atoms with Gasteiger partial charge in [-0.1, -0.05) is 12.1 Å². The Hall–Kier alpha value is -2.94. The average Bonchev–Trinajstić information content (AvgIpc) is 2.46. The van der Waals surface area contributed by atoms with Crippen LogP contribution in [0.5, 0.6) is 0 Å². The van der Waals surface area contributed by atoms with E-state index in [0.29, 0.717) is 0 Å². The summed E-state index contributed by atoms with van der Waals surface area (Å²) in [5, 5.41) is 18.8. The lowest BCUT2D eigenvalue weighted by atomic mass is 9.96. The van der Waals surface area contributed by atoms with Crippen molar-refractivity contribution in [2.24, 2.45) is 0 Å². The molecule has 0 saturated carbocycles. The highest BCUT2D eigenvalue weighted by atomic mass is 16.6. The molecule has 124 valence electrons. The largest absolute Gasteiger partial charge is 0.479 e. The Morgan fingerprint density at radius 1 is 1.13 bits per heavy atom. The number of esters is 3. The molecule has 0 aliphatic rings. The number of rotatable bonds is 6. The molecule has 1 aromatic rings. The van der Waals surface area contributed by atoms with Crippen molar-refractivity contribution in [3.63, 3.8) is 0 Å². The van der Waals surface area contributed by atoms with Crippen molar-refractivity contribution < 1.29 is 38.9 Å². The number of para-hydroxylation sites is 1. The van der Waals surface area contributed by atoms with Crippen LogP contribution < -0.4 is 5.73 Å². The van der Waals surface area contributed by atoms with Crippen LogP contribution in [0, 0.1) is 0 Å². The van der Waals surface area contributed by atoms with Gasteiger partial charge in [-0.25, -0.2) is 9.59 Å². The highest BCUT2D eigenvalue weighted by Crippen LogP contribution is 2.19. The Morgan fingerprint density at radius 2 is 1.70 bits per heavy atom. The third-order valence-electron chi connectivity index (χ3n) is 2.89. The van der Waals surface area contributed by atoms with Gasteiger partial charge in [0.25, 0.3) is 0 Å². The lowest BCUT2D eigenvalue weighted by Crippen LogP contribution is -2.43. The molecule has 9 heteroatoms. The second-order valence-electron chi connectivity index (χ2n) is 4.62. The van der Waals surface area contributed by atoms with Gasteiger partial charge in [-0.15, -0.1) is 0 Å². The molecule has 4 N–H and O–H groups in total. The summed E-state index contributed by atoms with van der Waals surface area (Å²) in [6.45, 7) is 0. The number of nitrogen functional groups attached to an aromatic ring is 1. The quantitative estimate of drug-likeness (QED) is 0.364. The van der Waals surface area contributed by atoms with Crippen molar-refractivity contribution in [2.45, 2.75) is 18.4 Å². The highest BCUT2D eigenvalue weighted by Gasteiger charge is 2.42. The molecule has 23 heavy (non-hydrogen) atoms. The van der Waals surface area contributed by atoms with Crippen molar-refractivity contribution in [1.82, 2.24) is 0 Å². The summed E-state index contributed by atoms with van der Waals surface area (Å²) in [6, 6.07) is 5.77. The van der Waals surface area contributed by atoms with Gasteiger partial charge in [0.2, 0.25) is 0 Å². The number of hydrogen-bond acceptors (Lipinski definition) is 8. The van der Waals surface area contributed by atoms with Crippen LogP contribution in [0.4, 0.5) is 5.69 Å². The van der Waals surface area contributed by atoms with Crippen LogP contribution in [0.3, 0.4) is 0 Å². The molecule has 0 fully saturated rings. The fourth-order valence-electron chi connectivity index (χ4n) is 1.64. The molecule has 0 aliphatic carbocycles. The Morgan fingerprint density at radius 3 is 2.22 bits per heavy atom. The normalized spacial score (nSPS) is 12.8. The van der Waals surface area contributed by atoms with E-state index in [1.54, 1.807) is 6.07 Å². The molecular weight excluding hydrogens is 310 g/mol. The topological polar surface area (TPSA) is 153 Å². The van der Waals surface area contributed by atoms with E-state index in [-0.39, 0.29) is 11.3 Å². The molecule has 1 rings (SSSR count). The van der Waals surface area contributed by atoms with Crippen LogP contribution in [-0.4, -0.2) is 46.8 Å². The molecule has 0 aliphatic heterocycles. The molecule has 0 spiro atoms. The Balaban J connectivity index is 2.81. The first-order chi connectivity index (χ1) is 10.7. The molecule has 0 radical (unpaired) electrons. The van der Waals surface area contributed by atoms with Crippen LogP contribution in [-0.2, 0) is 23.9 Å². The van der Waals surface area contributed by atoms with Crippen molar-refractivity contribution in [3.8, 4) is 0 Å². The summed E-state index contributed by atoms with van der Waals surface area (Å²) < 4.78 is 8.69. The predicted molar refractivity (Wildman–Crippen MR) is 75.1 cm³/mol. The van der Waals surface area contributed by atoms with Gasteiger partial charge in [-0.2, -0.15) is 0 Å². The van der Waals surface area contributed by atoms with Crippen molar-refractivity contribution in [1.29, 1.82) is 0 Å². The van der Waals surface area contributed by atoms with Gasteiger partial charge in [0.1, 0.15) is 0 Å². The number of benzene rings is 1. The fraction of sp³-hybridized carbons (Fsp3) is 0.286. The van der Waals surface area contributed by atoms with E-state index >= 15 is 0 Å². The third-order valence-corrected chi connectivity index (χ3v) is 2.89. The van der Waals surface area contributed by atoms with E-state index in [1.807, 2.05) is 0 Å². The maximum Gasteiger partial charge on any atom is 0.347 e. The number of carboxylic acid groups (broad SMARTS) is 1. The standard InChI is InChI=1S/C14H15NO8/c1-22-10(16)6-14(21,13(19)20)7-11(17)23-12(18)8-4-2-3-5-9(8)15/h2-5,21H,6-7,15H2,1H3,(H,19,20). The molecule has 0 saturated heterocycles. The predicted octanol–water partition coefficient (Wildman–Crippen LogP) is -0.279. The maximum absolute atomic E-state index is 11.8. The number of aliphatic carboxylic acids is 1. The Bertz CT molecular complexity index is 641. The average molecular weight is 325 g/mol. The zero-order valence-electron chi connectivity index (χ0n) is 12.1. The number of anilines is 1. The lowest BCUT2D eigenvalue weighted by molar-refractivity contribution is -0.171. The van der Waals surface area contributed by atoms with E-state index in [1.165, 1.54) is 18.2 Å². The molecule has 0 bridgehead atoms. The summed E-state index contributed by atoms with van der Waals surface area (Å²) in [5.74, 6) is -5.29. The molecule has 9 nitrogen and oxygen atoms in total. The summed E-state index contributed by atoms with van der Waals surface area (Å²) >= 11 is 0. The minimum atomic E-state index is -2.74. The summed E-state index contributed by atoms with van der Waals surface area (Å²) in [5.41, 5.74) is 2.77. The number of methoxy groups -OCH3 is 1. The smallest absolute Gasteiger partial charge is 0.347 e. The van der Waals surface area contributed by atoms with Crippen molar-refractivity contribution in [3.05, 3.63) is 29.8 Å². The van der Waals surface area contributed by atoms with E-state index in [4.69, 9.17) is 10.8 Å². The van der Waals surface area contributed by atoms with Gasteiger partial charge in [0, 0.05) is 5.69 Å². The molecule has 0 amide bonds. The minimum Gasteiger partial charge on any atom is -0.479 e. The van der Waals surface area contributed by atoms with Gasteiger partial charge < -0.3 is 25.4 Å². The van der Waals surface area contributed by atoms with Crippen LogP contribution in [0.25, 0.3) is 0 Å². The Kier molecular flexibility index (Phi) is 5.80. The zero-order valence-corrected chi connectivity index (χ0v) is 12.1. The SMILES string of the molecule is COC(=O)CC(O)(CC(=O)OC(=O)c1ccccc1N)C(=O)O. The number of hydrogen-bond donors (Lipinski definition) is 3. The number of ether oxygens (including phenoxy) is 2. The van der Waals surface area contributed by atoms with E-state index in [0.717, 1.165) is 7.11 Å². The summed E-state index contributed by atoms with van der Waals surface area (Å²) in [6.07, 6.45) is -2.09. The van der Waals surface area contributed by atoms with Gasteiger partial charge in [0.05, 0.1) is 25.5 Å². The number of nitrogens with two attached hydrogens (primary N) is 1. The first-order valence-corrected chi connectivity index (χ1v) is 6.31. The van der Waals surface area contributed by atoms with Crippen LogP contribution in [0.2, 0.25) is 0 Å². The molecular formula is C14H15NO8. The molecule has 1 atom stereocenters. The number of aliphatic hydroxyl groups is 1. The van der Waals surface area contributed by atoms with E-state index < -0.39 is 42.3 Å². The van der Waals surface area contributed by atoms with Crippen LogP contribution in [0.1, 0.15) is 23.2 Å². The zero-order chi connectivity index (χ0) is 17.6.